The summed E-state index contributed by atoms with van der Waals surface area (Å²) in [7, 11) is 0.886. The number of hydrogen-bond donors (Lipinski definition) is 1. The Labute approximate surface area is 182 Å². The Morgan fingerprint density at radius 3 is 2.47 bits per heavy atom. The van der Waals surface area contributed by atoms with E-state index in [0.717, 1.165) is 41.8 Å². The van der Waals surface area contributed by atoms with Crippen molar-refractivity contribution in [1.29, 1.82) is 0 Å². The average molecular weight is 445 g/mol. The number of nitrogens with one attached hydrogen (secondary N) is 1. The van der Waals surface area contributed by atoms with Crippen LogP contribution in [0.15, 0.2) is 47.4 Å². The van der Waals surface area contributed by atoms with Gasteiger partial charge in [0, 0.05) is 23.2 Å². The molecular weight excluding hydrogens is 420 g/mol. The Morgan fingerprint density at radius 1 is 1.07 bits per heavy atom. The van der Waals surface area contributed by atoms with Crippen LogP contribution in [0.3, 0.4) is 0 Å². The van der Waals surface area contributed by atoms with Gasteiger partial charge in [-0.05, 0) is 69.0 Å². The van der Waals surface area contributed by atoms with Crippen molar-refractivity contribution in [3.8, 4) is 0 Å². The summed E-state index contributed by atoms with van der Waals surface area (Å²) < 4.78 is 23.2. The summed E-state index contributed by atoms with van der Waals surface area (Å²) in [6, 6.07) is 12.3. The summed E-state index contributed by atoms with van der Waals surface area (Å²) in [6.45, 7) is 1.76. The number of nitrogens with zero attached hydrogens (tertiary/aromatic N) is 3. The van der Waals surface area contributed by atoms with E-state index in [2.05, 4.69) is 20.2 Å². The predicted octanol–water partition coefficient (Wildman–Crippen LogP) is 4.22. The van der Waals surface area contributed by atoms with E-state index in [1.165, 1.54) is 6.26 Å². The van der Waals surface area contributed by atoms with Crippen molar-refractivity contribution in [2.45, 2.75) is 11.3 Å². The van der Waals surface area contributed by atoms with Gasteiger partial charge in [0.15, 0.2) is 15.7 Å². The van der Waals surface area contributed by atoms with Crippen molar-refractivity contribution in [1.82, 2.24) is 14.9 Å². The predicted molar refractivity (Wildman–Crippen MR) is 125 cm³/mol. The standard InChI is InChI=1S/C22H25ClN4O2S/c1-27(2)14-4-13-24-22-19-15-17(23)8-11-20(19)25-21(26-22)12-7-16-5-9-18(10-6-16)30(3,28)29/h5-12,15H,4,13-14H2,1-3H3,(H,24,25,26). The van der Waals surface area contributed by atoms with Crippen molar-refractivity contribution in [3.05, 3.63) is 58.9 Å². The molecule has 0 radical (unpaired) electrons. The van der Waals surface area contributed by atoms with Crippen molar-refractivity contribution >= 4 is 50.3 Å². The molecule has 8 heteroatoms. The fourth-order valence-corrected chi connectivity index (χ4v) is 3.73. The maximum absolute atomic E-state index is 11.6. The molecule has 0 atom stereocenters. The average Bonchev–Trinajstić information content (AvgIpc) is 2.69. The minimum atomic E-state index is -3.21. The molecule has 1 aromatic heterocycles. The lowest BCUT2D eigenvalue weighted by atomic mass is 10.2. The first-order chi connectivity index (χ1) is 14.2. The highest BCUT2D eigenvalue weighted by Crippen LogP contribution is 2.25. The molecule has 0 bridgehead atoms. The van der Waals surface area contributed by atoms with Gasteiger partial charge in [-0.1, -0.05) is 29.8 Å². The molecule has 0 saturated heterocycles. The smallest absolute Gasteiger partial charge is 0.175 e. The van der Waals surface area contributed by atoms with Crippen molar-refractivity contribution in [3.63, 3.8) is 0 Å². The van der Waals surface area contributed by atoms with Crippen LogP contribution in [0.4, 0.5) is 5.82 Å². The molecule has 0 amide bonds. The van der Waals surface area contributed by atoms with Crippen LogP contribution in [0.2, 0.25) is 5.02 Å². The van der Waals surface area contributed by atoms with Crippen LogP contribution in [-0.4, -0.2) is 56.7 Å². The first-order valence-electron chi connectivity index (χ1n) is 9.56. The number of rotatable bonds is 8. The highest BCUT2D eigenvalue weighted by molar-refractivity contribution is 7.90. The zero-order valence-corrected chi connectivity index (χ0v) is 18.8. The third-order valence-electron chi connectivity index (χ3n) is 4.48. The lowest BCUT2D eigenvalue weighted by molar-refractivity contribution is 0.405. The summed E-state index contributed by atoms with van der Waals surface area (Å²) in [5.41, 5.74) is 1.67. The summed E-state index contributed by atoms with van der Waals surface area (Å²) >= 11 is 6.17. The number of sulfone groups is 1. The largest absolute Gasteiger partial charge is 0.369 e. The molecular formula is C22H25ClN4O2S. The molecule has 0 aliphatic carbocycles. The van der Waals surface area contributed by atoms with E-state index in [1.54, 1.807) is 24.3 Å². The second-order valence-corrected chi connectivity index (χ2v) is 9.80. The third kappa shape index (κ3) is 6.01. The molecule has 0 unspecified atom stereocenters. The van der Waals surface area contributed by atoms with Gasteiger partial charge in [-0.25, -0.2) is 18.4 Å². The van der Waals surface area contributed by atoms with Crippen molar-refractivity contribution < 1.29 is 8.42 Å². The van der Waals surface area contributed by atoms with Crippen LogP contribution in [0, 0.1) is 0 Å². The molecule has 3 aromatic rings. The molecule has 0 spiro atoms. The number of aromatic nitrogens is 2. The van der Waals surface area contributed by atoms with Gasteiger partial charge in [0.2, 0.25) is 0 Å². The first-order valence-corrected chi connectivity index (χ1v) is 11.8. The molecule has 0 aliphatic rings. The molecule has 0 saturated carbocycles. The van der Waals surface area contributed by atoms with Crippen molar-refractivity contribution in [2.24, 2.45) is 0 Å². The Balaban J connectivity index is 1.86. The minimum absolute atomic E-state index is 0.294. The van der Waals surface area contributed by atoms with E-state index in [-0.39, 0.29) is 0 Å². The number of hydrogen-bond acceptors (Lipinski definition) is 6. The van der Waals surface area contributed by atoms with Gasteiger partial charge in [0.25, 0.3) is 0 Å². The zero-order chi connectivity index (χ0) is 21.7. The molecule has 0 fully saturated rings. The monoisotopic (exact) mass is 444 g/mol. The second kappa shape index (κ2) is 9.55. The summed E-state index contributed by atoms with van der Waals surface area (Å²) in [5.74, 6) is 1.31. The number of anilines is 1. The van der Waals surface area contributed by atoms with Gasteiger partial charge in [-0.15, -0.1) is 0 Å². The zero-order valence-electron chi connectivity index (χ0n) is 17.3. The Morgan fingerprint density at radius 2 is 1.80 bits per heavy atom. The highest BCUT2D eigenvalue weighted by Gasteiger charge is 2.08. The van der Waals surface area contributed by atoms with E-state index in [4.69, 9.17) is 11.6 Å². The van der Waals surface area contributed by atoms with Gasteiger partial charge < -0.3 is 10.2 Å². The molecule has 30 heavy (non-hydrogen) atoms. The number of benzene rings is 2. The van der Waals surface area contributed by atoms with Gasteiger partial charge in [0.1, 0.15) is 5.82 Å². The van der Waals surface area contributed by atoms with Crippen LogP contribution in [0.25, 0.3) is 23.1 Å². The van der Waals surface area contributed by atoms with Crippen LogP contribution < -0.4 is 5.32 Å². The van der Waals surface area contributed by atoms with E-state index in [0.29, 0.717) is 15.7 Å². The van der Waals surface area contributed by atoms with Gasteiger partial charge >= 0.3 is 0 Å². The third-order valence-corrected chi connectivity index (χ3v) is 5.85. The van der Waals surface area contributed by atoms with Gasteiger partial charge in [-0.2, -0.15) is 0 Å². The molecule has 1 heterocycles. The van der Waals surface area contributed by atoms with E-state index in [9.17, 15) is 8.42 Å². The summed E-state index contributed by atoms with van der Waals surface area (Å²) in [4.78, 5) is 11.7. The fourth-order valence-electron chi connectivity index (χ4n) is 2.93. The Bertz CT molecular complexity index is 1160. The Kier molecular flexibility index (Phi) is 7.07. The van der Waals surface area contributed by atoms with Gasteiger partial charge in [0.05, 0.1) is 10.4 Å². The summed E-state index contributed by atoms with van der Waals surface area (Å²) in [6.07, 6.45) is 5.85. The van der Waals surface area contributed by atoms with Crippen LogP contribution >= 0.6 is 11.6 Å². The van der Waals surface area contributed by atoms with Crippen LogP contribution in [0.1, 0.15) is 17.8 Å². The van der Waals surface area contributed by atoms with E-state index >= 15 is 0 Å². The lowest BCUT2D eigenvalue weighted by Gasteiger charge is -2.12. The summed E-state index contributed by atoms with van der Waals surface area (Å²) in [5, 5.41) is 4.91. The van der Waals surface area contributed by atoms with E-state index < -0.39 is 9.84 Å². The molecule has 158 valence electrons. The van der Waals surface area contributed by atoms with Crippen LogP contribution in [-0.2, 0) is 9.84 Å². The first kappa shape index (κ1) is 22.2. The normalized spacial score (nSPS) is 12.2. The Hall–Kier alpha value is -2.48. The number of halogens is 1. The molecule has 1 N–H and O–H groups in total. The fraction of sp³-hybridized carbons (Fsp3) is 0.273. The topological polar surface area (TPSA) is 75.2 Å². The van der Waals surface area contributed by atoms with Crippen molar-refractivity contribution in [2.75, 3.05) is 38.8 Å². The maximum Gasteiger partial charge on any atom is 0.175 e. The number of fused-ring (bicyclic) bond motifs is 1. The molecule has 2 aromatic carbocycles. The molecule has 3 rings (SSSR count). The second-order valence-electron chi connectivity index (χ2n) is 7.35. The van der Waals surface area contributed by atoms with E-state index in [1.807, 2.05) is 44.4 Å². The molecule has 6 nitrogen and oxygen atoms in total. The van der Waals surface area contributed by atoms with Gasteiger partial charge in [-0.3, -0.25) is 0 Å². The maximum atomic E-state index is 11.6. The van der Waals surface area contributed by atoms with Crippen LogP contribution in [0.5, 0.6) is 0 Å². The SMILES string of the molecule is CN(C)CCCNc1nc(C=Cc2ccc(S(C)(=O)=O)cc2)nc2ccc(Cl)cc12. The minimum Gasteiger partial charge on any atom is -0.369 e. The lowest BCUT2D eigenvalue weighted by Crippen LogP contribution is -2.17. The highest BCUT2D eigenvalue weighted by atomic mass is 35.5. The quantitative estimate of drug-likeness (QED) is 0.524. The molecule has 0 aliphatic heterocycles.